The van der Waals surface area contributed by atoms with E-state index in [1.807, 2.05) is 0 Å². The van der Waals surface area contributed by atoms with Crippen molar-refractivity contribution in [2.75, 3.05) is 13.7 Å². The van der Waals surface area contributed by atoms with E-state index in [0.29, 0.717) is 45.2 Å². The molecule has 0 aromatic heterocycles. The van der Waals surface area contributed by atoms with Gasteiger partial charge in [-0.3, -0.25) is 0 Å². The van der Waals surface area contributed by atoms with Gasteiger partial charge in [-0.25, -0.2) is 4.79 Å². The van der Waals surface area contributed by atoms with Crippen LogP contribution < -0.4 is 9.47 Å². The maximum absolute atomic E-state index is 11.5. The summed E-state index contributed by atoms with van der Waals surface area (Å²) in [5, 5.41) is 10.2. The Bertz CT molecular complexity index is 854. The van der Waals surface area contributed by atoms with E-state index in [1.165, 1.54) is 13.4 Å². The Morgan fingerprint density at radius 1 is 1.14 bits per heavy atom. The van der Waals surface area contributed by atoms with E-state index in [9.17, 15) is 9.90 Å². The standard InChI is InChI=1S/C22H24Cl2O5/c1-14(2)8-9-28-21-19(23)10-16(11-20(21)24)29-12-15-6-4-5-7-17(15)18(13-27-3)22(25)26/h4-7,10-11,13-14H,8-9,12H2,1-3H3,(H,25,26). The number of carboxylic acids is 1. The normalized spacial score (nSPS) is 11.4. The minimum atomic E-state index is -1.09. The first-order valence-electron chi connectivity index (χ1n) is 9.12. The van der Waals surface area contributed by atoms with Crippen molar-refractivity contribution in [2.24, 2.45) is 5.92 Å². The van der Waals surface area contributed by atoms with E-state index < -0.39 is 5.97 Å². The Kier molecular flexibility index (Phi) is 8.68. The van der Waals surface area contributed by atoms with Crippen LogP contribution in [-0.4, -0.2) is 24.8 Å². The highest BCUT2D eigenvalue weighted by Crippen LogP contribution is 2.37. The topological polar surface area (TPSA) is 65.0 Å². The average Bonchev–Trinajstić information content (AvgIpc) is 2.66. The van der Waals surface area contributed by atoms with Crippen LogP contribution in [0.2, 0.25) is 10.0 Å². The van der Waals surface area contributed by atoms with Crippen molar-refractivity contribution in [3.63, 3.8) is 0 Å². The molecule has 2 aromatic carbocycles. The number of halogens is 2. The van der Waals surface area contributed by atoms with Gasteiger partial charge < -0.3 is 19.3 Å². The zero-order chi connectivity index (χ0) is 21.4. The molecule has 2 aromatic rings. The SMILES string of the molecule is COC=C(C(=O)O)c1ccccc1COc1cc(Cl)c(OCCC(C)C)c(Cl)c1. The predicted molar refractivity (Wildman–Crippen MR) is 115 cm³/mol. The van der Waals surface area contributed by atoms with Gasteiger partial charge in [-0.2, -0.15) is 0 Å². The number of carbonyl (C=O) groups is 1. The number of rotatable bonds is 10. The van der Waals surface area contributed by atoms with Crippen molar-refractivity contribution in [3.8, 4) is 11.5 Å². The van der Waals surface area contributed by atoms with E-state index in [4.69, 9.17) is 37.4 Å². The molecule has 29 heavy (non-hydrogen) atoms. The lowest BCUT2D eigenvalue weighted by atomic mass is 10.0. The van der Waals surface area contributed by atoms with Crippen LogP contribution in [0, 0.1) is 5.92 Å². The third-order valence-electron chi connectivity index (χ3n) is 4.08. The fourth-order valence-corrected chi connectivity index (χ4v) is 3.15. The molecule has 1 N–H and O–H groups in total. The molecule has 0 amide bonds. The molecular weight excluding hydrogens is 415 g/mol. The number of benzene rings is 2. The molecule has 0 atom stereocenters. The van der Waals surface area contributed by atoms with Crippen LogP contribution >= 0.6 is 23.2 Å². The minimum absolute atomic E-state index is 0.0386. The van der Waals surface area contributed by atoms with Gasteiger partial charge in [0.1, 0.15) is 17.9 Å². The summed E-state index contributed by atoms with van der Waals surface area (Å²) in [5.41, 5.74) is 1.23. The maximum atomic E-state index is 11.5. The zero-order valence-electron chi connectivity index (χ0n) is 16.6. The number of hydrogen-bond acceptors (Lipinski definition) is 4. The highest BCUT2D eigenvalue weighted by Gasteiger charge is 2.16. The van der Waals surface area contributed by atoms with Gasteiger partial charge in [0.15, 0.2) is 5.75 Å². The molecule has 0 saturated heterocycles. The van der Waals surface area contributed by atoms with Crippen LogP contribution in [0.25, 0.3) is 5.57 Å². The molecule has 0 aliphatic rings. The van der Waals surface area contributed by atoms with E-state index in [1.54, 1.807) is 36.4 Å². The van der Waals surface area contributed by atoms with Crippen molar-refractivity contribution >= 4 is 34.7 Å². The second-order valence-corrected chi connectivity index (χ2v) is 7.58. The molecule has 156 valence electrons. The molecule has 0 heterocycles. The van der Waals surface area contributed by atoms with E-state index >= 15 is 0 Å². The fourth-order valence-electron chi connectivity index (χ4n) is 2.57. The summed E-state index contributed by atoms with van der Waals surface area (Å²) in [4.78, 5) is 11.5. The first-order chi connectivity index (χ1) is 13.8. The Morgan fingerprint density at radius 2 is 1.79 bits per heavy atom. The molecule has 0 bridgehead atoms. The van der Waals surface area contributed by atoms with Crippen LogP contribution in [0.15, 0.2) is 42.7 Å². The smallest absolute Gasteiger partial charge is 0.339 e. The molecule has 0 aliphatic heterocycles. The largest absolute Gasteiger partial charge is 0.503 e. The number of aliphatic carboxylic acids is 1. The molecule has 0 fully saturated rings. The van der Waals surface area contributed by atoms with Gasteiger partial charge in [0.25, 0.3) is 0 Å². The monoisotopic (exact) mass is 438 g/mol. The van der Waals surface area contributed by atoms with Gasteiger partial charge in [-0.05, 0) is 23.5 Å². The van der Waals surface area contributed by atoms with E-state index in [-0.39, 0.29) is 12.2 Å². The number of ether oxygens (including phenoxy) is 3. The zero-order valence-corrected chi connectivity index (χ0v) is 18.1. The van der Waals surface area contributed by atoms with Crippen LogP contribution in [0.5, 0.6) is 11.5 Å². The first kappa shape index (κ1) is 22.9. The second-order valence-electron chi connectivity index (χ2n) is 6.77. The Balaban J connectivity index is 2.17. The Labute approximate surface area is 180 Å². The van der Waals surface area contributed by atoms with Crippen molar-refractivity contribution in [1.29, 1.82) is 0 Å². The molecule has 2 rings (SSSR count). The molecule has 0 spiro atoms. The predicted octanol–water partition coefficient (Wildman–Crippen LogP) is 6.07. The molecule has 5 nitrogen and oxygen atoms in total. The van der Waals surface area contributed by atoms with Gasteiger partial charge in [0.2, 0.25) is 0 Å². The van der Waals surface area contributed by atoms with Crippen molar-refractivity contribution in [3.05, 3.63) is 63.8 Å². The van der Waals surface area contributed by atoms with Crippen LogP contribution in [-0.2, 0) is 16.1 Å². The summed E-state index contributed by atoms with van der Waals surface area (Å²) < 4.78 is 16.4. The van der Waals surface area contributed by atoms with Gasteiger partial charge in [-0.1, -0.05) is 61.3 Å². The number of carboxylic acid groups (broad SMARTS) is 1. The summed E-state index contributed by atoms with van der Waals surface area (Å²) in [5.74, 6) is 0.308. The third kappa shape index (κ3) is 6.58. The Morgan fingerprint density at radius 3 is 2.38 bits per heavy atom. The highest BCUT2D eigenvalue weighted by molar-refractivity contribution is 6.37. The van der Waals surface area contributed by atoms with Crippen molar-refractivity contribution in [1.82, 2.24) is 0 Å². The molecule has 0 unspecified atom stereocenters. The molecule has 7 heteroatoms. The van der Waals surface area contributed by atoms with Crippen LogP contribution in [0.4, 0.5) is 0 Å². The summed E-state index contributed by atoms with van der Waals surface area (Å²) in [6.07, 6.45) is 2.08. The van der Waals surface area contributed by atoms with Gasteiger partial charge in [-0.15, -0.1) is 0 Å². The van der Waals surface area contributed by atoms with Crippen molar-refractivity contribution < 1.29 is 24.1 Å². The van der Waals surface area contributed by atoms with Gasteiger partial charge in [0, 0.05) is 12.1 Å². The molecule has 0 saturated carbocycles. The Hall–Kier alpha value is -2.37. The fraction of sp³-hybridized carbons (Fsp3) is 0.318. The highest BCUT2D eigenvalue weighted by atomic mass is 35.5. The summed E-state index contributed by atoms with van der Waals surface area (Å²) in [6.45, 7) is 4.87. The van der Waals surface area contributed by atoms with E-state index in [0.717, 1.165) is 6.42 Å². The molecular formula is C22H24Cl2O5. The van der Waals surface area contributed by atoms with Crippen LogP contribution in [0.1, 0.15) is 31.4 Å². The number of hydrogen-bond donors (Lipinski definition) is 1. The van der Waals surface area contributed by atoms with Crippen LogP contribution in [0.3, 0.4) is 0 Å². The lowest BCUT2D eigenvalue weighted by Gasteiger charge is -2.15. The summed E-state index contributed by atoms with van der Waals surface area (Å²) in [7, 11) is 1.40. The van der Waals surface area contributed by atoms with Crippen molar-refractivity contribution in [2.45, 2.75) is 26.9 Å². The third-order valence-corrected chi connectivity index (χ3v) is 4.64. The summed E-state index contributed by atoms with van der Waals surface area (Å²) >= 11 is 12.6. The van der Waals surface area contributed by atoms with Gasteiger partial charge in [0.05, 0.1) is 30.0 Å². The lowest BCUT2D eigenvalue weighted by molar-refractivity contribution is -0.130. The quantitative estimate of drug-likeness (QED) is 0.360. The average molecular weight is 439 g/mol. The summed E-state index contributed by atoms with van der Waals surface area (Å²) in [6, 6.07) is 10.3. The second kappa shape index (κ2) is 11.0. The number of methoxy groups -OCH3 is 1. The van der Waals surface area contributed by atoms with Gasteiger partial charge >= 0.3 is 5.97 Å². The molecule has 0 radical (unpaired) electrons. The minimum Gasteiger partial charge on any atom is -0.503 e. The first-order valence-corrected chi connectivity index (χ1v) is 9.88. The lowest BCUT2D eigenvalue weighted by Crippen LogP contribution is -2.06. The van der Waals surface area contributed by atoms with E-state index in [2.05, 4.69) is 13.8 Å². The molecule has 0 aliphatic carbocycles. The maximum Gasteiger partial charge on any atom is 0.339 e.